The van der Waals surface area contributed by atoms with Gasteiger partial charge < -0.3 is 14.2 Å². The van der Waals surface area contributed by atoms with Gasteiger partial charge in [0.25, 0.3) is 0 Å². The second kappa shape index (κ2) is 8.18. The van der Waals surface area contributed by atoms with Crippen molar-refractivity contribution in [2.24, 2.45) is 0 Å². The summed E-state index contributed by atoms with van der Waals surface area (Å²) in [6.07, 6.45) is 1.49. The van der Waals surface area contributed by atoms with Gasteiger partial charge >= 0.3 is 0 Å². The molecule has 0 N–H and O–H groups in total. The van der Waals surface area contributed by atoms with E-state index in [0.29, 0.717) is 29.6 Å². The Kier molecular flexibility index (Phi) is 5.65. The summed E-state index contributed by atoms with van der Waals surface area (Å²) in [4.78, 5) is 9.19. The van der Waals surface area contributed by atoms with Gasteiger partial charge in [0, 0.05) is 50.7 Å². The molecule has 1 unspecified atom stereocenters. The number of ether oxygens (including phenoxy) is 1. The summed E-state index contributed by atoms with van der Waals surface area (Å²) < 4.78 is 33.9. The lowest BCUT2D eigenvalue weighted by Gasteiger charge is -2.37. The number of methoxy groups -OCH3 is 1. The van der Waals surface area contributed by atoms with E-state index in [-0.39, 0.29) is 6.04 Å². The van der Waals surface area contributed by atoms with Crippen LogP contribution in [0.3, 0.4) is 0 Å². The van der Waals surface area contributed by atoms with Gasteiger partial charge in [-0.25, -0.2) is 8.42 Å². The highest BCUT2D eigenvalue weighted by molar-refractivity contribution is 7.91. The van der Waals surface area contributed by atoms with E-state index in [1.54, 1.807) is 7.11 Å². The van der Waals surface area contributed by atoms with Gasteiger partial charge in [-0.05, 0) is 30.7 Å². The number of nitrogens with zero attached hydrogens (tertiary/aromatic N) is 4. The summed E-state index contributed by atoms with van der Waals surface area (Å²) in [5.74, 6) is 2.68. The van der Waals surface area contributed by atoms with Gasteiger partial charge in [0.05, 0.1) is 18.6 Å². The van der Waals surface area contributed by atoms with Crippen molar-refractivity contribution >= 4 is 9.84 Å². The number of hydrogen-bond donors (Lipinski definition) is 0. The Morgan fingerprint density at radius 2 is 1.93 bits per heavy atom. The molecule has 1 atom stereocenters. The number of rotatable bonds is 6. The summed E-state index contributed by atoms with van der Waals surface area (Å²) in [5.41, 5.74) is 0.899. The first-order valence-electron chi connectivity index (χ1n) is 9.66. The molecule has 3 heterocycles. The van der Waals surface area contributed by atoms with Gasteiger partial charge in [-0.15, -0.1) is 0 Å². The highest BCUT2D eigenvalue weighted by Crippen LogP contribution is 2.21. The normalized spacial score (nSPS) is 23.1. The van der Waals surface area contributed by atoms with E-state index in [1.807, 2.05) is 24.3 Å². The zero-order valence-electron chi connectivity index (χ0n) is 16.1. The molecule has 0 saturated carbocycles. The van der Waals surface area contributed by atoms with Gasteiger partial charge in [0.15, 0.2) is 9.84 Å². The Labute approximate surface area is 165 Å². The van der Waals surface area contributed by atoms with Crippen molar-refractivity contribution in [3.8, 4) is 17.1 Å². The van der Waals surface area contributed by atoms with Crippen LogP contribution in [0.5, 0.6) is 5.75 Å². The van der Waals surface area contributed by atoms with Crippen LogP contribution < -0.4 is 4.74 Å². The van der Waals surface area contributed by atoms with Crippen LogP contribution in [-0.4, -0.2) is 85.7 Å². The van der Waals surface area contributed by atoms with Crippen LogP contribution in [0.4, 0.5) is 0 Å². The minimum Gasteiger partial charge on any atom is -0.497 e. The molecule has 2 fully saturated rings. The van der Waals surface area contributed by atoms with E-state index in [4.69, 9.17) is 9.26 Å². The quantitative estimate of drug-likeness (QED) is 0.704. The maximum atomic E-state index is 11.7. The third kappa shape index (κ3) is 4.53. The number of hydrogen-bond acceptors (Lipinski definition) is 8. The van der Waals surface area contributed by atoms with Crippen LogP contribution in [0.2, 0.25) is 0 Å². The van der Waals surface area contributed by atoms with Crippen molar-refractivity contribution in [2.75, 3.05) is 51.3 Å². The van der Waals surface area contributed by atoms with E-state index in [2.05, 4.69) is 19.9 Å². The molecule has 28 heavy (non-hydrogen) atoms. The fourth-order valence-electron chi connectivity index (χ4n) is 3.88. The molecule has 0 aliphatic carbocycles. The minimum atomic E-state index is -2.82. The Hall–Kier alpha value is -1.97. The molecular weight excluding hydrogens is 380 g/mol. The zero-order valence-corrected chi connectivity index (χ0v) is 16.9. The molecule has 9 heteroatoms. The Morgan fingerprint density at radius 3 is 2.57 bits per heavy atom. The molecular formula is C19H26N4O4S. The number of aromatic nitrogens is 2. The number of piperazine rings is 1. The largest absolute Gasteiger partial charge is 0.497 e. The second-order valence-electron chi connectivity index (χ2n) is 7.42. The van der Waals surface area contributed by atoms with Crippen LogP contribution in [0.1, 0.15) is 12.3 Å². The van der Waals surface area contributed by atoms with Crippen LogP contribution >= 0.6 is 0 Å². The average Bonchev–Trinajstić information content (AvgIpc) is 3.33. The van der Waals surface area contributed by atoms with Crippen LogP contribution in [0, 0.1) is 0 Å². The third-order valence-electron chi connectivity index (χ3n) is 5.59. The lowest BCUT2D eigenvalue weighted by atomic mass is 10.2. The van der Waals surface area contributed by atoms with Crippen molar-refractivity contribution in [2.45, 2.75) is 18.9 Å². The second-order valence-corrected chi connectivity index (χ2v) is 9.65. The monoisotopic (exact) mass is 406 g/mol. The van der Waals surface area contributed by atoms with E-state index in [0.717, 1.165) is 50.5 Å². The summed E-state index contributed by atoms with van der Waals surface area (Å²) in [5, 5.41) is 4.07. The first-order chi connectivity index (χ1) is 13.5. The molecule has 0 spiro atoms. The van der Waals surface area contributed by atoms with Gasteiger partial charge in [0.2, 0.25) is 11.7 Å². The standard InChI is InChI=1S/C19H26N4O4S/c1-26-17-4-2-15(3-5-17)19-20-18(27-21-19)6-8-22-9-11-23(12-10-22)16-7-13-28(24,25)14-16/h2-5,16H,6-14H2,1H3. The van der Waals surface area contributed by atoms with Crippen LogP contribution in [0.15, 0.2) is 28.8 Å². The van der Waals surface area contributed by atoms with Crippen LogP contribution in [-0.2, 0) is 16.3 Å². The number of sulfone groups is 1. The third-order valence-corrected chi connectivity index (χ3v) is 7.34. The van der Waals surface area contributed by atoms with E-state index in [9.17, 15) is 8.42 Å². The molecule has 0 bridgehead atoms. The summed E-state index contributed by atoms with van der Waals surface area (Å²) in [7, 11) is -1.18. The summed E-state index contributed by atoms with van der Waals surface area (Å²) in [6, 6.07) is 7.78. The van der Waals surface area contributed by atoms with Crippen molar-refractivity contribution in [1.82, 2.24) is 19.9 Å². The smallest absolute Gasteiger partial charge is 0.228 e. The summed E-state index contributed by atoms with van der Waals surface area (Å²) in [6.45, 7) is 4.58. The molecule has 2 aliphatic heterocycles. The molecule has 2 aromatic rings. The minimum absolute atomic E-state index is 0.204. The van der Waals surface area contributed by atoms with E-state index >= 15 is 0 Å². The van der Waals surface area contributed by atoms with Crippen molar-refractivity contribution < 1.29 is 17.7 Å². The van der Waals surface area contributed by atoms with Gasteiger partial charge in [0.1, 0.15) is 5.75 Å². The van der Waals surface area contributed by atoms with Crippen molar-refractivity contribution in [1.29, 1.82) is 0 Å². The zero-order chi connectivity index (χ0) is 19.6. The SMILES string of the molecule is COc1ccc(-c2noc(CCN3CCN(C4CCS(=O)(=O)C4)CC3)n2)cc1. The lowest BCUT2D eigenvalue weighted by Crippen LogP contribution is -2.51. The first-order valence-corrected chi connectivity index (χ1v) is 11.5. The molecule has 2 aliphatic rings. The lowest BCUT2D eigenvalue weighted by molar-refractivity contribution is 0.104. The summed E-state index contributed by atoms with van der Waals surface area (Å²) >= 11 is 0. The highest BCUT2D eigenvalue weighted by Gasteiger charge is 2.33. The van der Waals surface area contributed by atoms with E-state index < -0.39 is 9.84 Å². The van der Waals surface area contributed by atoms with Gasteiger partial charge in [-0.2, -0.15) is 4.98 Å². The van der Waals surface area contributed by atoms with E-state index in [1.165, 1.54) is 0 Å². The van der Waals surface area contributed by atoms with Gasteiger partial charge in [-0.3, -0.25) is 4.90 Å². The predicted molar refractivity (Wildman–Crippen MR) is 105 cm³/mol. The highest BCUT2D eigenvalue weighted by atomic mass is 32.2. The predicted octanol–water partition coefficient (Wildman–Crippen LogP) is 1.09. The fourth-order valence-corrected chi connectivity index (χ4v) is 5.64. The van der Waals surface area contributed by atoms with Crippen molar-refractivity contribution in [3.05, 3.63) is 30.2 Å². The molecule has 1 aromatic carbocycles. The van der Waals surface area contributed by atoms with Gasteiger partial charge in [-0.1, -0.05) is 5.16 Å². The molecule has 2 saturated heterocycles. The Bertz CT molecular complexity index is 889. The first kappa shape index (κ1) is 19.4. The molecule has 1 aromatic heterocycles. The molecule has 0 amide bonds. The molecule has 152 valence electrons. The topological polar surface area (TPSA) is 88.8 Å². The maximum absolute atomic E-state index is 11.7. The van der Waals surface area contributed by atoms with Crippen LogP contribution in [0.25, 0.3) is 11.4 Å². The Balaban J connectivity index is 1.25. The van der Waals surface area contributed by atoms with Crippen molar-refractivity contribution in [3.63, 3.8) is 0 Å². The maximum Gasteiger partial charge on any atom is 0.228 e. The average molecular weight is 407 g/mol. The Morgan fingerprint density at radius 1 is 1.18 bits per heavy atom. The molecule has 4 rings (SSSR count). The number of benzene rings is 1. The fraction of sp³-hybridized carbons (Fsp3) is 0.579. The molecule has 0 radical (unpaired) electrons. The molecule has 8 nitrogen and oxygen atoms in total.